The van der Waals surface area contributed by atoms with Crippen molar-refractivity contribution in [2.45, 2.75) is 45.9 Å². The second kappa shape index (κ2) is 14.6. The molecule has 0 unspecified atom stereocenters. The van der Waals surface area contributed by atoms with Crippen LogP contribution < -0.4 is 15.4 Å². The fourth-order valence-corrected chi connectivity index (χ4v) is 4.64. The molecule has 0 atom stereocenters. The van der Waals surface area contributed by atoms with E-state index in [0.29, 0.717) is 48.9 Å². The molecule has 0 saturated carbocycles. The zero-order valence-corrected chi connectivity index (χ0v) is 25.3. The standard InChI is InChI=1S/C30H39N5O5S/c1-30(2,3)40-29(38)33-25-20-41-19-23(25)15-26(36)24-12-11-21(16-31-24)18-35(14-13-34(4)5)28(37)32-17-22-9-7-8-10-27(22)39-6/h7-12,16,19-20H,13-15,17-18H2,1-6H3,(H,32,37)(H,33,38). The molecule has 0 aliphatic rings. The number of carbonyl (C=O) groups excluding carboxylic acids is 3. The predicted molar refractivity (Wildman–Crippen MR) is 161 cm³/mol. The Kier molecular flexibility index (Phi) is 11.2. The van der Waals surface area contributed by atoms with E-state index in [0.717, 1.165) is 11.1 Å². The summed E-state index contributed by atoms with van der Waals surface area (Å²) in [4.78, 5) is 46.4. The average molecular weight is 582 g/mol. The van der Waals surface area contributed by atoms with E-state index in [-0.39, 0.29) is 18.2 Å². The van der Waals surface area contributed by atoms with Crippen molar-refractivity contribution in [2.75, 3.05) is 39.6 Å². The number of methoxy groups -OCH3 is 1. The number of anilines is 1. The van der Waals surface area contributed by atoms with Crippen molar-refractivity contribution >= 4 is 34.9 Å². The molecule has 0 spiro atoms. The molecule has 11 heteroatoms. The summed E-state index contributed by atoms with van der Waals surface area (Å²) in [7, 11) is 5.51. The molecule has 2 N–H and O–H groups in total. The Bertz CT molecular complexity index is 1320. The van der Waals surface area contributed by atoms with E-state index in [9.17, 15) is 14.4 Å². The van der Waals surface area contributed by atoms with Gasteiger partial charge in [-0.3, -0.25) is 15.1 Å². The number of para-hydroxylation sites is 1. The molecule has 0 fully saturated rings. The number of carbonyl (C=O) groups is 3. The molecule has 3 amide bonds. The minimum absolute atomic E-state index is 0.0846. The lowest BCUT2D eigenvalue weighted by Gasteiger charge is -2.25. The highest BCUT2D eigenvalue weighted by molar-refractivity contribution is 7.08. The molecular formula is C30H39N5O5S. The minimum atomic E-state index is -0.625. The van der Waals surface area contributed by atoms with Gasteiger partial charge in [-0.2, -0.15) is 0 Å². The monoisotopic (exact) mass is 581 g/mol. The number of thiophene rings is 1. The number of pyridine rings is 1. The maximum atomic E-state index is 13.1. The number of likely N-dealkylation sites (N-methyl/N-ethyl adjacent to an activating group) is 1. The number of Topliss-reactive ketones (excluding diaryl/α,β-unsaturated/α-hetero) is 1. The van der Waals surface area contributed by atoms with Crippen LogP contribution in [-0.4, -0.2) is 72.6 Å². The molecule has 0 bridgehead atoms. The van der Waals surface area contributed by atoms with Crippen molar-refractivity contribution in [2.24, 2.45) is 0 Å². The van der Waals surface area contributed by atoms with Gasteiger partial charge in [0.25, 0.3) is 0 Å². The van der Waals surface area contributed by atoms with Crippen LogP contribution in [-0.2, 0) is 24.2 Å². The van der Waals surface area contributed by atoms with Crippen LogP contribution in [0.1, 0.15) is 48.0 Å². The largest absolute Gasteiger partial charge is 0.496 e. The van der Waals surface area contributed by atoms with Crippen molar-refractivity contribution < 1.29 is 23.9 Å². The van der Waals surface area contributed by atoms with Crippen LogP contribution in [0.3, 0.4) is 0 Å². The van der Waals surface area contributed by atoms with Gasteiger partial charge in [-0.05, 0) is 63.5 Å². The van der Waals surface area contributed by atoms with E-state index >= 15 is 0 Å². The summed E-state index contributed by atoms with van der Waals surface area (Å²) in [6.45, 7) is 7.23. The second-order valence-corrected chi connectivity index (χ2v) is 11.5. The minimum Gasteiger partial charge on any atom is -0.496 e. The number of hydrogen-bond acceptors (Lipinski definition) is 8. The third-order valence-corrected chi connectivity index (χ3v) is 6.73. The zero-order valence-electron chi connectivity index (χ0n) is 24.5. The number of ether oxygens (including phenoxy) is 2. The first-order valence-electron chi connectivity index (χ1n) is 13.3. The van der Waals surface area contributed by atoms with Crippen LogP contribution in [0.25, 0.3) is 0 Å². The Hall–Kier alpha value is -3.96. The number of rotatable bonds is 12. The Morgan fingerprint density at radius 2 is 1.76 bits per heavy atom. The van der Waals surface area contributed by atoms with Crippen molar-refractivity contribution in [3.8, 4) is 5.75 Å². The molecule has 3 rings (SSSR count). The van der Waals surface area contributed by atoms with Gasteiger partial charge in [-0.1, -0.05) is 24.3 Å². The first kappa shape index (κ1) is 31.6. The summed E-state index contributed by atoms with van der Waals surface area (Å²) >= 11 is 1.39. The number of amides is 3. The zero-order chi connectivity index (χ0) is 30.0. The number of urea groups is 1. The van der Waals surface area contributed by atoms with Crippen molar-refractivity contribution in [1.29, 1.82) is 0 Å². The maximum Gasteiger partial charge on any atom is 0.412 e. The first-order valence-corrected chi connectivity index (χ1v) is 14.2. The van der Waals surface area contributed by atoms with Gasteiger partial charge in [-0.15, -0.1) is 11.3 Å². The molecule has 10 nitrogen and oxygen atoms in total. The van der Waals surface area contributed by atoms with Gasteiger partial charge in [0.15, 0.2) is 5.78 Å². The molecule has 2 aromatic heterocycles. The van der Waals surface area contributed by atoms with Gasteiger partial charge in [0.05, 0.1) is 12.8 Å². The van der Waals surface area contributed by atoms with Crippen LogP contribution in [0.4, 0.5) is 15.3 Å². The van der Waals surface area contributed by atoms with Gasteiger partial charge < -0.3 is 24.6 Å². The van der Waals surface area contributed by atoms with Crippen LogP contribution in [0.2, 0.25) is 0 Å². The van der Waals surface area contributed by atoms with Crippen LogP contribution in [0.15, 0.2) is 53.4 Å². The summed E-state index contributed by atoms with van der Waals surface area (Å²) in [5.74, 6) is 0.536. The second-order valence-electron chi connectivity index (χ2n) is 10.8. The molecule has 2 heterocycles. The fourth-order valence-electron chi connectivity index (χ4n) is 3.86. The summed E-state index contributed by atoms with van der Waals surface area (Å²) < 4.78 is 10.7. The molecule has 220 valence electrons. The van der Waals surface area contributed by atoms with E-state index in [4.69, 9.17) is 9.47 Å². The van der Waals surface area contributed by atoms with Gasteiger partial charge in [0, 0.05) is 49.7 Å². The van der Waals surface area contributed by atoms with E-state index in [1.54, 1.807) is 50.4 Å². The number of hydrogen-bond donors (Lipinski definition) is 2. The van der Waals surface area contributed by atoms with Gasteiger partial charge in [0.1, 0.15) is 17.0 Å². The SMILES string of the molecule is COc1ccccc1CNC(=O)N(CCN(C)C)Cc1ccc(C(=O)Cc2cscc2NC(=O)OC(C)(C)C)nc1. The average Bonchev–Trinajstić information content (AvgIpc) is 3.34. The quantitative estimate of drug-likeness (QED) is 0.283. The lowest BCUT2D eigenvalue weighted by molar-refractivity contribution is 0.0635. The highest BCUT2D eigenvalue weighted by Crippen LogP contribution is 2.24. The third-order valence-electron chi connectivity index (χ3n) is 5.94. The van der Waals surface area contributed by atoms with Crippen molar-refractivity contribution in [1.82, 2.24) is 20.1 Å². The molecule has 3 aromatic rings. The molecule has 0 radical (unpaired) electrons. The third kappa shape index (κ3) is 10.2. The molecule has 0 aliphatic heterocycles. The Labute approximate surface area is 245 Å². The lowest BCUT2D eigenvalue weighted by Crippen LogP contribution is -2.42. The van der Waals surface area contributed by atoms with E-state index < -0.39 is 11.7 Å². The molecule has 41 heavy (non-hydrogen) atoms. The van der Waals surface area contributed by atoms with Gasteiger partial charge in [-0.25, -0.2) is 9.59 Å². The fraction of sp³-hybridized carbons (Fsp3) is 0.400. The predicted octanol–water partition coefficient (Wildman–Crippen LogP) is 5.20. The summed E-state index contributed by atoms with van der Waals surface area (Å²) in [6.07, 6.45) is 1.14. The number of nitrogens with one attached hydrogen (secondary N) is 2. The summed E-state index contributed by atoms with van der Waals surface area (Å²) in [5, 5.41) is 9.29. The Morgan fingerprint density at radius 3 is 2.41 bits per heavy atom. The smallest absolute Gasteiger partial charge is 0.412 e. The normalized spacial score (nSPS) is 11.2. The van der Waals surface area contributed by atoms with Crippen LogP contribution >= 0.6 is 11.3 Å². The maximum absolute atomic E-state index is 13.1. The first-order chi connectivity index (χ1) is 19.4. The number of aromatic nitrogens is 1. The van der Waals surface area contributed by atoms with E-state index in [1.807, 2.05) is 54.7 Å². The Balaban J connectivity index is 1.63. The van der Waals surface area contributed by atoms with Crippen molar-refractivity contribution in [3.05, 3.63) is 75.7 Å². The van der Waals surface area contributed by atoms with Gasteiger partial charge >= 0.3 is 12.1 Å². The molecule has 0 aliphatic carbocycles. The van der Waals surface area contributed by atoms with Crippen molar-refractivity contribution in [3.63, 3.8) is 0 Å². The van der Waals surface area contributed by atoms with Crippen LogP contribution in [0.5, 0.6) is 5.75 Å². The molecule has 1 aromatic carbocycles. The van der Waals surface area contributed by atoms with Crippen LogP contribution in [0, 0.1) is 0 Å². The number of benzene rings is 1. The number of ketones is 1. The lowest BCUT2D eigenvalue weighted by atomic mass is 10.1. The Morgan fingerprint density at radius 1 is 1.00 bits per heavy atom. The highest BCUT2D eigenvalue weighted by atomic mass is 32.1. The highest BCUT2D eigenvalue weighted by Gasteiger charge is 2.20. The van der Waals surface area contributed by atoms with E-state index in [2.05, 4.69) is 15.6 Å². The van der Waals surface area contributed by atoms with Gasteiger partial charge in [0.2, 0.25) is 0 Å². The molecular weight excluding hydrogens is 542 g/mol. The summed E-state index contributed by atoms with van der Waals surface area (Å²) in [6, 6.07) is 10.8. The number of nitrogens with zero attached hydrogens (tertiary/aromatic N) is 3. The summed E-state index contributed by atoms with van der Waals surface area (Å²) in [5.41, 5.74) is 2.61. The molecule has 0 saturated heterocycles. The van der Waals surface area contributed by atoms with E-state index in [1.165, 1.54) is 11.3 Å². The topological polar surface area (TPSA) is 113 Å².